The molecule has 1 fully saturated rings. The minimum absolute atomic E-state index is 0.770. The fraction of sp³-hybridized carbons (Fsp3) is 0.375. The molecule has 3 aromatic rings. The first-order valence-corrected chi connectivity index (χ1v) is 7.60. The lowest BCUT2D eigenvalue weighted by molar-refractivity contribution is 0.574. The largest absolute Gasteiger partial charge is 0.463 e. The molecule has 1 N–H and O–H groups in total. The first kappa shape index (κ1) is 13.3. The maximum absolute atomic E-state index is 5.47. The number of hydrogen-bond acceptors (Lipinski definition) is 5. The van der Waals surface area contributed by atoms with Crippen molar-refractivity contribution < 1.29 is 4.42 Å². The van der Waals surface area contributed by atoms with E-state index in [0.29, 0.717) is 0 Å². The van der Waals surface area contributed by atoms with Crippen LogP contribution in [0.15, 0.2) is 28.9 Å². The van der Waals surface area contributed by atoms with E-state index in [1.165, 1.54) is 5.56 Å². The van der Waals surface area contributed by atoms with E-state index in [0.717, 1.165) is 54.8 Å². The van der Waals surface area contributed by atoms with Crippen molar-refractivity contribution in [3.63, 3.8) is 0 Å². The summed E-state index contributed by atoms with van der Waals surface area (Å²) in [5, 5.41) is 8.12. The Balaban J connectivity index is 1.91. The van der Waals surface area contributed by atoms with Gasteiger partial charge in [0.1, 0.15) is 11.5 Å². The Morgan fingerprint density at radius 1 is 1.23 bits per heavy atom. The third kappa shape index (κ3) is 2.07. The number of anilines is 1. The summed E-state index contributed by atoms with van der Waals surface area (Å²) in [4.78, 5) is 7.06. The summed E-state index contributed by atoms with van der Waals surface area (Å²) in [7, 11) is 0. The zero-order chi connectivity index (χ0) is 15.1. The van der Waals surface area contributed by atoms with Crippen LogP contribution in [-0.2, 0) is 0 Å². The molecule has 0 unspecified atom stereocenters. The molecule has 0 bridgehead atoms. The number of nitrogens with one attached hydrogen (secondary N) is 1. The molecule has 6 nitrogen and oxygen atoms in total. The van der Waals surface area contributed by atoms with Crippen molar-refractivity contribution in [1.82, 2.24) is 19.9 Å². The molecule has 0 spiro atoms. The Labute approximate surface area is 128 Å². The number of furan rings is 1. The monoisotopic (exact) mass is 297 g/mol. The molecule has 0 amide bonds. The van der Waals surface area contributed by atoms with Gasteiger partial charge in [-0.1, -0.05) is 0 Å². The molecule has 1 saturated heterocycles. The van der Waals surface area contributed by atoms with Gasteiger partial charge in [0.15, 0.2) is 11.4 Å². The van der Waals surface area contributed by atoms with Gasteiger partial charge in [0.25, 0.3) is 0 Å². The van der Waals surface area contributed by atoms with Gasteiger partial charge in [0.2, 0.25) is 0 Å². The molecular formula is C16H19N5O. The highest BCUT2D eigenvalue weighted by atomic mass is 16.3. The maximum atomic E-state index is 5.47. The molecule has 114 valence electrons. The van der Waals surface area contributed by atoms with E-state index in [2.05, 4.69) is 29.0 Å². The standard InChI is InChI=1S/C16H19N5O/c1-11-12(2)18-15-10-13(14-4-3-9-22-14)19-21(15)16(11)20-7-5-17-6-8-20/h3-4,9-10,17H,5-8H2,1-2H3. The van der Waals surface area contributed by atoms with E-state index in [9.17, 15) is 0 Å². The van der Waals surface area contributed by atoms with Crippen LogP contribution >= 0.6 is 0 Å². The summed E-state index contributed by atoms with van der Waals surface area (Å²) in [5.41, 5.74) is 3.91. The molecule has 0 aromatic carbocycles. The highest BCUT2D eigenvalue weighted by Crippen LogP contribution is 2.27. The second kappa shape index (κ2) is 5.14. The van der Waals surface area contributed by atoms with E-state index < -0.39 is 0 Å². The molecule has 0 saturated carbocycles. The van der Waals surface area contributed by atoms with Gasteiger partial charge in [-0.25, -0.2) is 4.98 Å². The van der Waals surface area contributed by atoms with E-state index >= 15 is 0 Å². The van der Waals surface area contributed by atoms with Crippen LogP contribution in [0.4, 0.5) is 5.82 Å². The average molecular weight is 297 g/mol. The molecular weight excluding hydrogens is 278 g/mol. The zero-order valence-corrected chi connectivity index (χ0v) is 12.8. The van der Waals surface area contributed by atoms with Crippen molar-refractivity contribution in [2.45, 2.75) is 13.8 Å². The molecule has 3 aromatic heterocycles. The van der Waals surface area contributed by atoms with Gasteiger partial charge in [-0.2, -0.15) is 9.61 Å². The molecule has 4 rings (SSSR count). The number of nitrogens with zero attached hydrogens (tertiary/aromatic N) is 4. The first-order valence-electron chi connectivity index (χ1n) is 7.60. The average Bonchev–Trinajstić information content (AvgIpc) is 3.18. The fourth-order valence-corrected chi connectivity index (χ4v) is 2.98. The lowest BCUT2D eigenvalue weighted by Crippen LogP contribution is -2.44. The Morgan fingerprint density at radius 3 is 2.77 bits per heavy atom. The number of fused-ring (bicyclic) bond motifs is 1. The van der Waals surface area contributed by atoms with Crippen LogP contribution in [0.1, 0.15) is 11.3 Å². The Hall–Kier alpha value is -2.34. The molecule has 0 radical (unpaired) electrons. The van der Waals surface area contributed by atoms with Gasteiger partial charge in [-0.3, -0.25) is 0 Å². The van der Waals surface area contributed by atoms with Gasteiger partial charge >= 0.3 is 0 Å². The van der Waals surface area contributed by atoms with Gasteiger partial charge in [0, 0.05) is 43.5 Å². The lowest BCUT2D eigenvalue weighted by Gasteiger charge is -2.31. The van der Waals surface area contributed by atoms with E-state index in [4.69, 9.17) is 9.52 Å². The Morgan fingerprint density at radius 2 is 2.05 bits per heavy atom. The van der Waals surface area contributed by atoms with Crippen molar-refractivity contribution in [3.8, 4) is 11.5 Å². The van der Waals surface area contributed by atoms with Crippen LogP contribution in [0.5, 0.6) is 0 Å². The van der Waals surface area contributed by atoms with Crippen LogP contribution < -0.4 is 10.2 Å². The predicted molar refractivity (Wildman–Crippen MR) is 85.2 cm³/mol. The SMILES string of the molecule is Cc1nc2cc(-c3ccco3)nn2c(N2CCNCC2)c1C. The van der Waals surface area contributed by atoms with Crippen molar-refractivity contribution in [2.75, 3.05) is 31.1 Å². The van der Waals surface area contributed by atoms with Crippen LogP contribution in [0.3, 0.4) is 0 Å². The number of aromatic nitrogens is 3. The third-order valence-corrected chi connectivity index (χ3v) is 4.24. The highest BCUT2D eigenvalue weighted by molar-refractivity contribution is 5.64. The van der Waals surface area contributed by atoms with Crippen LogP contribution in [0.2, 0.25) is 0 Å². The summed E-state index contributed by atoms with van der Waals surface area (Å²) >= 11 is 0. The Kier molecular flexibility index (Phi) is 3.11. The minimum atomic E-state index is 0.770. The van der Waals surface area contributed by atoms with Gasteiger partial charge in [-0.15, -0.1) is 0 Å². The number of rotatable bonds is 2. The topological polar surface area (TPSA) is 58.6 Å². The molecule has 22 heavy (non-hydrogen) atoms. The Bertz CT molecular complexity index is 800. The maximum Gasteiger partial charge on any atom is 0.158 e. The molecule has 0 atom stereocenters. The summed E-state index contributed by atoms with van der Waals surface area (Å²) < 4.78 is 7.42. The predicted octanol–water partition coefficient (Wildman–Crippen LogP) is 2.02. The number of hydrogen-bond donors (Lipinski definition) is 1. The van der Waals surface area contributed by atoms with Gasteiger partial charge in [-0.05, 0) is 26.0 Å². The summed E-state index contributed by atoms with van der Waals surface area (Å²) in [6, 6.07) is 5.78. The van der Waals surface area contributed by atoms with Crippen LogP contribution in [0, 0.1) is 13.8 Å². The third-order valence-electron chi connectivity index (χ3n) is 4.24. The quantitative estimate of drug-likeness (QED) is 0.784. The van der Waals surface area contributed by atoms with E-state index in [-0.39, 0.29) is 0 Å². The smallest absolute Gasteiger partial charge is 0.158 e. The highest BCUT2D eigenvalue weighted by Gasteiger charge is 2.20. The first-order chi connectivity index (χ1) is 10.7. The zero-order valence-electron chi connectivity index (χ0n) is 12.8. The van der Waals surface area contributed by atoms with Crippen LogP contribution in [-0.4, -0.2) is 40.8 Å². The molecule has 1 aliphatic heterocycles. The van der Waals surface area contributed by atoms with Crippen LogP contribution in [0.25, 0.3) is 17.1 Å². The molecule has 4 heterocycles. The van der Waals surface area contributed by atoms with Gasteiger partial charge < -0.3 is 14.6 Å². The van der Waals surface area contributed by atoms with E-state index in [1.807, 2.05) is 22.7 Å². The molecule has 1 aliphatic rings. The summed E-state index contributed by atoms with van der Waals surface area (Å²) in [6.07, 6.45) is 1.67. The molecule has 0 aliphatic carbocycles. The lowest BCUT2D eigenvalue weighted by atomic mass is 10.2. The normalized spacial score (nSPS) is 15.6. The van der Waals surface area contributed by atoms with Crippen molar-refractivity contribution in [2.24, 2.45) is 0 Å². The van der Waals surface area contributed by atoms with Crippen molar-refractivity contribution >= 4 is 11.5 Å². The minimum Gasteiger partial charge on any atom is -0.463 e. The van der Waals surface area contributed by atoms with Crippen molar-refractivity contribution in [3.05, 3.63) is 35.7 Å². The summed E-state index contributed by atoms with van der Waals surface area (Å²) in [5.74, 6) is 1.91. The summed E-state index contributed by atoms with van der Waals surface area (Å²) in [6.45, 7) is 8.13. The molecule has 6 heteroatoms. The van der Waals surface area contributed by atoms with E-state index in [1.54, 1.807) is 6.26 Å². The second-order valence-electron chi connectivity index (χ2n) is 5.66. The fourth-order valence-electron chi connectivity index (χ4n) is 2.98. The number of piperazine rings is 1. The van der Waals surface area contributed by atoms with Gasteiger partial charge in [0.05, 0.1) is 6.26 Å². The number of aryl methyl sites for hydroxylation is 1. The van der Waals surface area contributed by atoms with Crippen molar-refractivity contribution in [1.29, 1.82) is 0 Å². The second-order valence-corrected chi connectivity index (χ2v) is 5.66.